The number of aliphatic hydroxyl groups is 1. The Bertz CT molecular complexity index is 422. The smallest absolute Gasteiger partial charge is 0.247 e. The van der Waals surface area contributed by atoms with Gasteiger partial charge in [-0.1, -0.05) is 10.3 Å². The summed E-state index contributed by atoms with van der Waals surface area (Å²) in [6, 6.07) is 1.30. The maximum Gasteiger partial charge on any atom is 0.247 e. The van der Waals surface area contributed by atoms with Crippen LogP contribution in [-0.4, -0.2) is 30.3 Å². The fourth-order valence-electron chi connectivity index (χ4n) is 0.755. The molecule has 0 spiro atoms. The third kappa shape index (κ3) is 2.47. The van der Waals surface area contributed by atoms with Gasteiger partial charge >= 0.3 is 0 Å². The van der Waals surface area contributed by atoms with Crippen LogP contribution in [0, 0.1) is 0 Å². The van der Waals surface area contributed by atoms with Crippen molar-refractivity contribution in [2.75, 3.05) is 12.2 Å². The molecular weight excluding hydrogens is 246 g/mol. The Morgan fingerprint density at radius 3 is 2.50 bits per heavy atom. The Morgan fingerprint density at radius 1 is 1.57 bits per heavy atom. The Balaban J connectivity index is 3.13. The lowest BCUT2D eigenvalue weighted by Crippen LogP contribution is -2.10. The molecule has 8 heteroatoms. The lowest BCUT2D eigenvalue weighted by molar-refractivity contribution is 0.359. The Labute approximate surface area is 87.8 Å². The fraction of sp³-hybridized carbons (Fsp3) is 0.333. The Kier molecular flexibility index (Phi) is 3.24. The first-order chi connectivity index (χ1) is 6.27. The molecule has 1 heterocycles. The van der Waals surface area contributed by atoms with Crippen LogP contribution in [0.4, 0.5) is 0 Å². The minimum absolute atomic E-state index is 0.00581. The number of nitrogens with two attached hydrogens (primary N) is 1. The van der Waals surface area contributed by atoms with Crippen LogP contribution in [0.2, 0.25) is 0 Å². The minimum Gasteiger partial charge on any atom is -0.385 e. The molecule has 4 N–H and O–H groups in total. The van der Waals surface area contributed by atoms with E-state index in [4.69, 9.17) is 10.2 Å². The van der Waals surface area contributed by atoms with E-state index in [1.807, 2.05) is 0 Å². The second-order valence-electron chi connectivity index (χ2n) is 2.82. The van der Waals surface area contributed by atoms with Gasteiger partial charge in [0.2, 0.25) is 10.0 Å². The van der Waals surface area contributed by atoms with Crippen LogP contribution in [0.25, 0.3) is 0 Å². The molecule has 0 amide bonds. The molecule has 0 saturated carbocycles. The van der Waals surface area contributed by atoms with Crippen molar-refractivity contribution in [1.29, 1.82) is 0 Å². The molecule has 0 fully saturated rings. The van der Waals surface area contributed by atoms with Gasteiger partial charge in [-0.05, 0) is 12.3 Å². The van der Waals surface area contributed by atoms with Gasteiger partial charge in [-0.15, -0.1) is 11.3 Å². The van der Waals surface area contributed by atoms with E-state index in [1.54, 1.807) is 0 Å². The molecular formula is C6H11NO4S3. The topological polar surface area (TPSA) is 101 Å². The highest BCUT2D eigenvalue weighted by Crippen LogP contribution is 2.49. The summed E-state index contributed by atoms with van der Waals surface area (Å²) in [4.78, 5) is 0.425. The first-order valence-corrected chi connectivity index (χ1v) is 8.07. The minimum atomic E-state index is -3.71. The molecule has 0 aliphatic rings. The van der Waals surface area contributed by atoms with E-state index in [0.29, 0.717) is 4.90 Å². The van der Waals surface area contributed by atoms with Gasteiger partial charge in [0.25, 0.3) is 0 Å². The van der Waals surface area contributed by atoms with Gasteiger partial charge in [-0.3, -0.25) is 0 Å². The maximum absolute atomic E-state index is 10.9. The summed E-state index contributed by atoms with van der Waals surface area (Å²) in [5.74, 6) is -0.395. The summed E-state index contributed by atoms with van der Waals surface area (Å²) in [6.45, 7) is 0. The van der Waals surface area contributed by atoms with E-state index in [2.05, 4.69) is 0 Å². The number of rotatable bonds is 3. The molecule has 82 valence electrons. The first kappa shape index (κ1) is 12.0. The zero-order chi connectivity index (χ0) is 11.0. The maximum atomic E-state index is 10.9. The monoisotopic (exact) mass is 257 g/mol. The molecule has 0 aliphatic heterocycles. The van der Waals surface area contributed by atoms with Crippen LogP contribution in [0.1, 0.15) is 0 Å². The van der Waals surface area contributed by atoms with Crippen molar-refractivity contribution in [2.24, 2.45) is 5.14 Å². The van der Waals surface area contributed by atoms with E-state index in [9.17, 15) is 13.0 Å². The molecule has 0 aliphatic carbocycles. The van der Waals surface area contributed by atoms with Crippen LogP contribution >= 0.6 is 21.6 Å². The van der Waals surface area contributed by atoms with E-state index < -0.39 is 26.3 Å². The summed E-state index contributed by atoms with van der Waals surface area (Å²) >= 11 is 0.935. The largest absolute Gasteiger partial charge is 0.385 e. The number of thiophene rings is 1. The van der Waals surface area contributed by atoms with Gasteiger partial charge in [0.15, 0.2) is 0 Å². The van der Waals surface area contributed by atoms with Gasteiger partial charge in [0.1, 0.15) is 4.21 Å². The molecule has 0 bridgehead atoms. The van der Waals surface area contributed by atoms with E-state index in [-0.39, 0.29) is 4.21 Å². The highest BCUT2D eigenvalue weighted by molar-refractivity contribution is 8.28. The number of hydrogen-bond donors (Lipinski definition) is 3. The van der Waals surface area contributed by atoms with Crippen LogP contribution in [-0.2, 0) is 10.0 Å². The summed E-state index contributed by atoms with van der Waals surface area (Å²) in [7, 11) is -6.00. The third-order valence-electron chi connectivity index (χ3n) is 1.59. The second-order valence-corrected chi connectivity index (χ2v) is 8.32. The number of sulfonamides is 1. The van der Waals surface area contributed by atoms with Gasteiger partial charge in [0, 0.05) is 10.3 Å². The average Bonchev–Trinajstić information content (AvgIpc) is 2.51. The fourth-order valence-corrected chi connectivity index (χ4v) is 3.87. The molecule has 14 heavy (non-hydrogen) atoms. The highest BCUT2D eigenvalue weighted by Gasteiger charge is 2.20. The number of hydrogen-bond acceptors (Lipinski definition) is 5. The standard InChI is InChI=1S/C6H11NO4S3/c1-13(9,4-8)5-2-6(12-3-5)14(7,10)11/h2-3,8-9H,4H2,1H3,(H2,7,10,11). The van der Waals surface area contributed by atoms with E-state index in [0.717, 1.165) is 11.3 Å². The van der Waals surface area contributed by atoms with Gasteiger partial charge < -0.3 is 9.66 Å². The molecule has 1 aromatic heterocycles. The molecule has 1 rings (SSSR count). The van der Waals surface area contributed by atoms with Gasteiger partial charge in [-0.25, -0.2) is 13.6 Å². The van der Waals surface area contributed by atoms with Gasteiger partial charge in [-0.2, -0.15) is 0 Å². The number of aliphatic hydroxyl groups excluding tert-OH is 1. The van der Waals surface area contributed by atoms with Crippen molar-refractivity contribution in [3.63, 3.8) is 0 Å². The van der Waals surface area contributed by atoms with Gasteiger partial charge in [0.05, 0.1) is 5.94 Å². The SMILES string of the molecule is CS(O)(CO)c1csc(S(N)(=O)=O)c1. The number of primary sulfonamides is 1. The average molecular weight is 257 g/mol. The Hall–Kier alpha value is -0.120. The third-order valence-corrected chi connectivity index (χ3v) is 5.88. The van der Waals surface area contributed by atoms with Crippen molar-refractivity contribution in [3.8, 4) is 0 Å². The second kappa shape index (κ2) is 3.80. The molecule has 0 saturated heterocycles. The zero-order valence-corrected chi connectivity index (χ0v) is 9.82. The molecule has 0 radical (unpaired) electrons. The van der Waals surface area contributed by atoms with E-state index in [1.165, 1.54) is 17.7 Å². The predicted molar refractivity (Wildman–Crippen MR) is 57.2 cm³/mol. The van der Waals surface area contributed by atoms with E-state index >= 15 is 0 Å². The normalized spacial score (nSPS) is 18.9. The zero-order valence-electron chi connectivity index (χ0n) is 7.37. The molecule has 1 atom stereocenters. The van der Waals surface area contributed by atoms with Crippen LogP contribution in [0.15, 0.2) is 20.6 Å². The molecule has 1 unspecified atom stereocenters. The first-order valence-electron chi connectivity index (χ1n) is 3.48. The van der Waals surface area contributed by atoms with Crippen molar-refractivity contribution in [2.45, 2.75) is 9.10 Å². The quantitative estimate of drug-likeness (QED) is 0.738. The predicted octanol–water partition coefficient (Wildman–Crippen LogP) is 0.612. The van der Waals surface area contributed by atoms with Crippen LogP contribution in [0.3, 0.4) is 0 Å². The lowest BCUT2D eigenvalue weighted by Gasteiger charge is -2.24. The van der Waals surface area contributed by atoms with Crippen molar-refractivity contribution < 1.29 is 18.1 Å². The summed E-state index contributed by atoms with van der Waals surface area (Å²) < 4.78 is 31.5. The molecule has 1 aromatic rings. The Morgan fingerprint density at radius 2 is 2.14 bits per heavy atom. The summed E-state index contributed by atoms with van der Waals surface area (Å²) in [5.41, 5.74) is 0. The van der Waals surface area contributed by atoms with Crippen molar-refractivity contribution in [3.05, 3.63) is 11.4 Å². The molecule has 0 aromatic carbocycles. The van der Waals surface area contributed by atoms with Crippen LogP contribution in [0.5, 0.6) is 0 Å². The summed E-state index contributed by atoms with van der Waals surface area (Å²) in [6.07, 6.45) is 1.47. The summed E-state index contributed by atoms with van der Waals surface area (Å²) in [5, 5.41) is 15.3. The molecule has 5 nitrogen and oxygen atoms in total. The van der Waals surface area contributed by atoms with Crippen LogP contribution < -0.4 is 5.14 Å². The van der Waals surface area contributed by atoms with Crippen molar-refractivity contribution in [1.82, 2.24) is 0 Å². The lowest BCUT2D eigenvalue weighted by atomic mass is 10.7. The highest BCUT2D eigenvalue weighted by atomic mass is 32.3. The van der Waals surface area contributed by atoms with Crippen molar-refractivity contribution >= 4 is 31.7 Å².